The second kappa shape index (κ2) is 5.03. The predicted molar refractivity (Wildman–Crippen MR) is 71.4 cm³/mol. The van der Waals surface area contributed by atoms with Crippen LogP contribution in [0.2, 0.25) is 0 Å². The summed E-state index contributed by atoms with van der Waals surface area (Å²) in [5.74, 6) is -0.873. The van der Waals surface area contributed by atoms with Crippen molar-refractivity contribution in [2.75, 3.05) is 18.0 Å². The molecule has 1 aromatic rings. The summed E-state index contributed by atoms with van der Waals surface area (Å²) in [6, 6.07) is 0.0598. The van der Waals surface area contributed by atoms with Gasteiger partial charge < -0.3 is 14.6 Å². The molecule has 1 saturated heterocycles. The molecule has 6 heteroatoms. The minimum atomic E-state index is -0.810. The van der Waals surface area contributed by atoms with E-state index in [2.05, 4.69) is 4.98 Å². The molecule has 2 rings (SSSR count). The van der Waals surface area contributed by atoms with Crippen LogP contribution in [0.5, 0.6) is 0 Å². The van der Waals surface area contributed by atoms with E-state index >= 15 is 0 Å². The van der Waals surface area contributed by atoms with Crippen LogP contribution in [-0.4, -0.2) is 33.7 Å². The van der Waals surface area contributed by atoms with E-state index < -0.39 is 11.9 Å². The lowest BCUT2D eigenvalue weighted by atomic mass is 9.99. The van der Waals surface area contributed by atoms with Crippen molar-refractivity contribution in [2.24, 2.45) is 11.8 Å². The van der Waals surface area contributed by atoms with Crippen LogP contribution in [-0.2, 0) is 4.79 Å². The van der Waals surface area contributed by atoms with Gasteiger partial charge in [0.1, 0.15) is 0 Å². The Morgan fingerprint density at radius 1 is 1.47 bits per heavy atom. The number of aliphatic carboxylic acids is 1. The van der Waals surface area contributed by atoms with E-state index in [9.17, 15) is 9.59 Å². The van der Waals surface area contributed by atoms with Gasteiger partial charge in [0.05, 0.1) is 5.92 Å². The summed E-state index contributed by atoms with van der Waals surface area (Å²) in [7, 11) is 0. The summed E-state index contributed by atoms with van der Waals surface area (Å²) in [5.41, 5.74) is -0.157. The van der Waals surface area contributed by atoms with Crippen LogP contribution in [0.25, 0.3) is 0 Å². The number of carboxylic acids is 1. The largest absolute Gasteiger partial charge is 0.481 e. The molecular weight excluding hydrogens is 246 g/mol. The molecule has 2 atom stereocenters. The fourth-order valence-corrected chi connectivity index (χ4v) is 2.50. The van der Waals surface area contributed by atoms with Crippen molar-refractivity contribution in [3.8, 4) is 0 Å². The highest BCUT2D eigenvalue weighted by molar-refractivity contribution is 5.72. The normalized spacial score (nSPS) is 23.1. The molecule has 0 saturated carbocycles. The topological polar surface area (TPSA) is 75.4 Å². The fraction of sp³-hybridized carbons (Fsp3) is 0.615. The number of nitrogens with zero attached hydrogens (tertiary/aromatic N) is 3. The third kappa shape index (κ3) is 2.47. The Labute approximate surface area is 111 Å². The van der Waals surface area contributed by atoms with Crippen LogP contribution in [0, 0.1) is 11.8 Å². The van der Waals surface area contributed by atoms with E-state index in [1.807, 2.05) is 20.8 Å². The highest BCUT2D eigenvalue weighted by Crippen LogP contribution is 2.25. The first-order chi connectivity index (χ1) is 8.91. The Morgan fingerprint density at radius 2 is 2.16 bits per heavy atom. The molecule has 104 valence electrons. The first kappa shape index (κ1) is 13.6. The highest BCUT2D eigenvalue weighted by atomic mass is 16.4. The van der Waals surface area contributed by atoms with Gasteiger partial charge in [0.2, 0.25) is 0 Å². The molecule has 0 bridgehead atoms. The fourth-order valence-electron chi connectivity index (χ4n) is 2.50. The van der Waals surface area contributed by atoms with Gasteiger partial charge in [0.15, 0.2) is 5.82 Å². The van der Waals surface area contributed by atoms with Crippen molar-refractivity contribution in [2.45, 2.75) is 26.8 Å². The van der Waals surface area contributed by atoms with E-state index in [1.54, 1.807) is 21.9 Å². The first-order valence-corrected chi connectivity index (χ1v) is 6.46. The SMILES string of the molecule is CC(C)n1ccnc(N2C[C@@H](C)[C@H](C(=O)O)C2)c1=O. The molecule has 1 aliphatic heterocycles. The maximum atomic E-state index is 12.3. The third-order valence-electron chi connectivity index (χ3n) is 3.64. The van der Waals surface area contributed by atoms with E-state index in [0.717, 1.165) is 0 Å². The molecule has 1 aromatic heterocycles. The molecule has 19 heavy (non-hydrogen) atoms. The van der Waals surface area contributed by atoms with Crippen molar-refractivity contribution >= 4 is 11.8 Å². The summed E-state index contributed by atoms with van der Waals surface area (Å²) in [4.78, 5) is 29.3. The third-order valence-corrected chi connectivity index (χ3v) is 3.64. The standard InChI is InChI=1S/C13H19N3O3/c1-8(2)16-5-4-14-11(12(16)17)15-6-9(3)10(7-15)13(18)19/h4-5,8-10H,6-7H2,1-3H3,(H,18,19)/t9-,10-/m1/s1. The van der Waals surface area contributed by atoms with Crippen molar-refractivity contribution in [1.82, 2.24) is 9.55 Å². The molecule has 0 spiro atoms. The van der Waals surface area contributed by atoms with Gasteiger partial charge in [-0.3, -0.25) is 9.59 Å². The number of carboxylic acid groups (broad SMARTS) is 1. The predicted octanol–water partition coefficient (Wildman–Crippen LogP) is 0.981. The molecule has 1 fully saturated rings. The van der Waals surface area contributed by atoms with Gasteiger partial charge in [-0.15, -0.1) is 0 Å². The molecule has 0 amide bonds. The molecule has 2 heterocycles. The average Bonchev–Trinajstić information content (AvgIpc) is 2.71. The number of aromatic nitrogens is 2. The summed E-state index contributed by atoms with van der Waals surface area (Å²) in [5, 5.41) is 9.13. The molecule has 6 nitrogen and oxygen atoms in total. The van der Waals surface area contributed by atoms with Crippen molar-refractivity contribution in [3.05, 3.63) is 22.7 Å². The molecule has 1 aliphatic rings. The van der Waals surface area contributed by atoms with Gasteiger partial charge in [0, 0.05) is 31.5 Å². The number of rotatable bonds is 3. The van der Waals surface area contributed by atoms with Crippen LogP contribution < -0.4 is 10.5 Å². The minimum absolute atomic E-state index is 0.0198. The maximum Gasteiger partial charge on any atom is 0.308 e. The van der Waals surface area contributed by atoms with Gasteiger partial charge in [-0.05, 0) is 19.8 Å². The molecule has 0 radical (unpaired) electrons. The Balaban J connectivity index is 2.32. The van der Waals surface area contributed by atoms with E-state index in [1.165, 1.54) is 0 Å². The highest BCUT2D eigenvalue weighted by Gasteiger charge is 2.36. The summed E-state index contributed by atoms with van der Waals surface area (Å²) in [6.45, 7) is 6.65. The van der Waals surface area contributed by atoms with Gasteiger partial charge in [-0.25, -0.2) is 4.98 Å². The van der Waals surface area contributed by atoms with Crippen LogP contribution in [0.15, 0.2) is 17.2 Å². The maximum absolute atomic E-state index is 12.3. The zero-order valence-corrected chi connectivity index (χ0v) is 11.4. The van der Waals surface area contributed by atoms with Crippen LogP contribution in [0.1, 0.15) is 26.8 Å². The summed E-state index contributed by atoms with van der Waals surface area (Å²) >= 11 is 0. The molecule has 0 unspecified atom stereocenters. The average molecular weight is 265 g/mol. The van der Waals surface area contributed by atoms with Crippen molar-refractivity contribution in [3.63, 3.8) is 0 Å². The molecule has 1 N–H and O–H groups in total. The van der Waals surface area contributed by atoms with Crippen molar-refractivity contribution in [1.29, 1.82) is 0 Å². The van der Waals surface area contributed by atoms with Crippen LogP contribution >= 0.6 is 0 Å². The second-order valence-corrected chi connectivity index (χ2v) is 5.38. The van der Waals surface area contributed by atoms with E-state index in [-0.39, 0.29) is 17.5 Å². The van der Waals surface area contributed by atoms with Gasteiger partial charge in [-0.2, -0.15) is 0 Å². The second-order valence-electron chi connectivity index (χ2n) is 5.38. The Hall–Kier alpha value is -1.85. The number of hydrogen-bond acceptors (Lipinski definition) is 4. The molecule has 0 aliphatic carbocycles. The smallest absolute Gasteiger partial charge is 0.308 e. The van der Waals surface area contributed by atoms with Crippen LogP contribution in [0.3, 0.4) is 0 Å². The number of hydrogen-bond donors (Lipinski definition) is 1. The summed E-state index contributed by atoms with van der Waals surface area (Å²) in [6.07, 6.45) is 3.25. The van der Waals surface area contributed by atoms with Gasteiger partial charge in [-0.1, -0.05) is 6.92 Å². The van der Waals surface area contributed by atoms with E-state index in [4.69, 9.17) is 5.11 Å². The van der Waals surface area contributed by atoms with Crippen molar-refractivity contribution < 1.29 is 9.90 Å². The molecular formula is C13H19N3O3. The monoisotopic (exact) mass is 265 g/mol. The lowest BCUT2D eigenvalue weighted by Gasteiger charge is -2.18. The van der Waals surface area contributed by atoms with Crippen LogP contribution in [0.4, 0.5) is 5.82 Å². The first-order valence-electron chi connectivity index (χ1n) is 6.46. The number of carbonyl (C=O) groups is 1. The van der Waals surface area contributed by atoms with Gasteiger partial charge >= 0.3 is 5.97 Å². The quantitative estimate of drug-likeness (QED) is 0.881. The lowest BCUT2D eigenvalue weighted by molar-refractivity contribution is -0.142. The minimum Gasteiger partial charge on any atom is -0.481 e. The summed E-state index contributed by atoms with van der Waals surface area (Å²) < 4.78 is 1.61. The van der Waals surface area contributed by atoms with Gasteiger partial charge in [0.25, 0.3) is 5.56 Å². The lowest BCUT2D eigenvalue weighted by Crippen LogP contribution is -2.33. The van der Waals surface area contributed by atoms with E-state index in [0.29, 0.717) is 18.9 Å². The Kier molecular flexibility index (Phi) is 3.59. The zero-order valence-electron chi connectivity index (χ0n) is 11.4. The Morgan fingerprint density at radius 3 is 2.68 bits per heavy atom. The molecule has 0 aromatic carbocycles. The Bertz CT molecular complexity index is 538. The number of anilines is 1. The zero-order chi connectivity index (χ0) is 14.2.